The van der Waals surface area contributed by atoms with Crippen LogP contribution in [0.25, 0.3) is 0 Å². The van der Waals surface area contributed by atoms with Gasteiger partial charge in [0.25, 0.3) is 0 Å². The largest absolute Gasteiger partial charge is 0.255 e. The molecule has 23 heavy (non-hydrogen) atoms. The highest BCUT2D eigenvalue weighted by Crippen LogP contribution is 2.29. The van der Waals surface area contributed by atoms with E-state index in [2.05, 4.69) is 46.8 Å². The molecule has 0 atom stereocenters. The lowest BCUT2D eigenvalue weighted by atomic mass is 9.84. The Hall–Kier alpha value is -0.860. The molecule has 0 saturated heterocycles. The quantitative estimate of drug-likeness (QED) is 0.365. The van der Waals surface area contributed by atoms with Crippen LogP contribution in [0.15, 0.2) is 12.1 Å². The Bertz CT molecular complexity index is 411. The van der Waals surface area contributed by atoms with Crippen LogP contribution in [0.2, 0.25) is 0 Å². The first-order valence-corrected chi connectivity index (χ1v) is 9.49. The van der Waals surface area contributed by atoms with E-state index >= 15 is 0 Å². The van der Waals surface area contributed by atoms with Crippen molar-refractivity contribution in [2.75, 3.05) is 0 Å². The van der Waals surface area contributed by atoms with Crippen LogP contribution in [0.1, 0.15) is 101 Å². The summed E-state index contributed by atoms with van der Waals surface area (Å²) in [5, 5.41) is 12.0. The number of hydrogen-bond donors (Lipinski definition) is 2. The molecule has 0 aliphatic heterocycles. The molecule has 0 saturated carbocycles. The van der Waals surface area contributed by atoms with Gasteiger partial charge in [0.05, 0.1) is 0 Å². The van der Waals surface area contributed by atoms with Gasteiger partial charge < -0.3 is 0 Å². The zero-order chi connectivity index (χ0) is 17.7. The first-order valence-electron chi connectivity index (χ1n) is 9.49. The number of hydrogen-bond acceptors (Lipinski definition) is 2. The van der Waals surface area contributed by atoms with Gasteiger partial charge in [0.15, 0.2) is 0 Å². The van der Waals surface area contributed by atoms with Crippen LogP contribution in [0, 0.1) is 0 Å². The van der Waals surface area contributed by atoms with Crippen molar-refractivity contribution in [3.8, 4) is 0 Å². The minimum absolute atomic E-state index is 0.650. The summed E-state index contributed by atoms with van der Waals surface area (Å²) in [5.41, 5.74) is 6.66. The monoisotopic (exact) mass is 322 g/mol. The van der Waals surface area contributed by atoms with Gasteiger partial charge in [0, 0.05) is 0 Å². The molecular weight excluding hydrogens is 284 g/mol. The SMILES string of the molecule is CCCCc1ccc(C(C)C)c(CCCC)c1CCCC.OO. The van der Waals surface area contributed by atoms with E-state index in [-0.39, 0.29) is 0 Å². The number of unbranched alkanes of at least 4 members (excludes halogenated alkanes) is 3. The van der Waals surface area contributed by atoms with Crippen LogP contribution in [0.5, 0.6) is 0 Å². The fraction of sp³-hybridized carbons (Fsp3) is 0.714. The summed E-state index contributed by atoms with van der Waals surface area (Å²) in [6.45, 7) is 11.6. The van der Waals surface area contributed by atoms with Gasteiger partial charge >= 0.3 is 0 Å². The predicted octanol–water partition coefficient (Wildman–Crippen LogP) is 6.86. The summed E-state index contributed by atoms with van der Waals surface area (Å²) in [6.07, 6.45) is 11.7. The molecule has 1 aromatic rings. The predicted molar refractivity (Wildman–Crippen MR) is 102 cm³/mol. The fourth-order valence-electron chi connectivity index (χ4n) is 3.22. The third kappa shape index (κ3) is 7.50. The van der Waals surface area contributed by atoms with Gasteiger partial charge in [0.2, 0.25) is 0 Å². The van der Waals surface area contributed by atoms with Crippen LogP contribution >= 0.6 is 0 Å². The van der Waals surface area contributed by atoms with E-state index < -0.39 is 0 Å². The van der Waals surface area contributed by atoms with Gasteiger partial charge in [-0.3, -0.25) is 10.5 Å². The zero-order valence-corrected chi connectivity index (χ0v) is 16.0. The maximum absolute atomic E-state index is 6.00. The Morgan fingerprint density at radius 1 is 0.739 bits per heavy atom. The van der Waals surface area contributed by atoms with Crippen LogP contribution in [0.3, 0.4) is 0 Å². The van der Waals surface area contributed by atoms with E-state index in [0.717, 1.165) is 0 Å². The number of benzene rings is 1. The lowest BCUT2D eigenvalue weighted by Crippen LogP contribution is -2.07. The number of aryl methyl sites for hydroxylation is 1. The Morgan fingerprint density at radius 3 is 1.70 bits per heavy atom. The molecule has 0 aliphatic carbocycles. The van der Waals surface area contributed by atoms with Crippen LogP contribution in [-0.4, -0.2) is 10.5 Å². The highest BCUT2D eigenvalue weighted by atomic mass is 17.0. The average Bonchev–Trinajstić information content (AvgIpc) is 2.57. The molecule has 0 aromatic heterocycles. The second-order valence-corrected chi connectivity index (χ2v) is 6.74. The third-order valence-corrected chi connectivity index (χ3v) is 4.55. The molecule has 0 heterocycles. The number of rotatable bonds is 10. The molecule has 2 N–H and O–H groups in total. The zero-order valence-electron chi connectivity index (χ0n) is 16.0. The molecule has 2 nitrogen and oxygen atoms in total. The van der Waals surface area contributed by atoms with E-state index in [9.17, 15) is 0 Å². The van der Waals surface area contributed by atoms with Crippen molar-refractivity contribution < 1.29 is 10.5 Å². The molecule has 1 rings (SSSR count). The topological polar surface area (TPSA) is 40.5 Å². The first-order chi connectivity index (χ1) is 11.2. The second kappa shape index (κ2) is 13.6. The minimum atomic E-state index is 0.650. The van der Waals surface area contributed by atoms with Crippen LogP contribution in [0.4, 0.5) is 0 Å². The van der Waals surface area contributed by atoms with Gasteiger partial charge in [-0.25, -0.2) is 0 Å². The molecule has 0 aliphatic rings. The lowest BCUT2D eigenvalue weighted by Gasteiger charge is -2.21. The van der Waals surface area contributed by atoms with Crippen molar-refractivity contribution in [3.63, 3.8) is 0 Å². The van der Waals surface area contributed by atoms with E-state index in [0.29, 0.717) is 5.92 Å². The summed E-state index contributed by atoms with van der Waals surface area (Å²) in [6, 6.07) is 4.86. The van der Waals surface area contributed by atoms with Crippen molar-refractivity contribution in [2.24, 2.45) is 0 Å². The highest BCUT2D eigenvalue weighted by molar-refractivity contribution is 5.43. The van der Waals surface area contributed by atoms with Gasteiger partial charge in [-0.2, -0.15) is 0 Å². The summed E-state index contributed by atoms with van der Waals surface area (Å²) >= 11 is 0. The highest BCUT2D eigenvalue weighted by Gasteiger charge is 2.14. The van der Waals surface area contributed by atoms with Crippen molar-refractivity contribution in [3.05, 3.63) is 34.4 Å². The molecule has 0 bridgehead atoms. The summed E-state index contributed by atoms with van der Waals surface area (Å²) in [4.78, 5) is 0. The van der Waals surface area contributed by atoms with Gasteiger partial charge in [-0.15, -0.1) is 0 Å². The normalized spacial score (nSPS) is 10.6. The molecule has 0 spiro atoms. The van der Waals surface area contributed by atoms with Gasteiger partial charge in [-0.05, 0) is 66.7 Å². The van der Waals surface area contributed by atoms with E-state index in [1.165, 1.54) is 57.8 Å². The lowest BCUT2D eigenvalue weighted by molar-refractivity contribution is -0.176. The van der Waals surface area contributed by atoms with Gasteiger partial charge in [-0.1, -0.05) is 66.0 Å². The maximum Gasteiger partial charge on any atom is -0.0216 e. The fourth-order valence-corrected chi connectivity index (χ4v) is 3.22. The summed E-state index contributed by atoms with van der Waals surface area (Å²) < 4.78 is 0. The molecule has 1 aromatic carbocycles. The molecule has 2 heteroatoms. The Kier molecular flexibility index (Phi) is 13.1. The van der Waals surface area contributed by atoms with E-state index in [1.807, 2.05) is 0 Å². The Labute approximate surface area is 143 Å². The molecule has 134 valence electrons. The van der Waals surface area contributed by atoms with Crippen molar-refractivity contribution in [1.82, 2.24) is 0 Å². The smallest absolute Gasteiger partial charge is 0.0216 e. The van der Waals surface area contributed by atoms with Crippen molar-refractivity contribution >= 4 is 0 Å². The summed E-state index contributed by atoms with van der Waals surface area (Å²) in [7, 11) is 0. The van der Waals surface area contributed by atoms with Crippen LogP contribution in [-0.2, 0) is 19.3 Å². The van der Waals surface area contributed by atoms with E-state index in [4.69, 9.17) is 10.5 Å². The third-order valence-electron chi connectivity index (χ3n) is 4.55. The molecule has 0 amide bonds. The molecular formula is C21H38O2. The standard InChI is InChI=1S/C21H36.H2O2/c1-6-9-12-18-15-16-19(17(4)5)21(14-11-8-3)20(18)13-10-7-2;1-2/h15-17H,6-14H2,1-5H3;1-2H. The van der Waals surface area contributed by atoms with Crippen molar-refractivity contribution in [2.45, 2.75) is 98.3 Å². The summed E-state index contributed by atoms with van der Waals surface area (Å²) in [5.74, 6) is 0.650. The molecule has 0 radical (unpaired) electrons. The van der Waals surface area contributed by atoms with Crippen molar-refractivity contribution in [1.29, 1.82) is 0 Å². The average molecular weight is 323 g/mol. The molecule has 0 fully saturated rings. The molecule has 0 unspecified atom stereocenters. The Morgan fingerprint density at radius 2 is 1.22 bits per heavy atom. The van der Waals surface area contributed by atoms with Crippen LogP contribution < -0.4 is 0 Å². The first kappa shape index (κ1) is 22.1. The van der Waals surface area contributed by atoms with E-state index in [1.54, 1.807) is 22.3 Å². The minimum Gasteiger partial charge on any atom is -0.255 e. The van der Waals surface area contributed by atoms with Gasteiger partial charge in [0.1, 0.15) is 0 Å². The maximum atomic E-state index is 6.00. The second-order valence-electron chi connectivity index (χ2n) is 6.74. The Balaban J connectivity index is 0.00000232.